The predicted octanol–water partition coefficient (Wildman–Crippen LogP) is 2.94. The molecule has 0 bridgehead atoms. The standard InChI is InChI=1S/C19H20ClNO3/c20-12-17(11-15-7-3-1-4-8-15)19(23)21-13-18(22)24-14-16-9-5-2-6-10-16/h1-10,17H,11-14H2,(H,21,23)/t17-/m0/s1. The molecule has 126 valence electrons. The van der Waals surface area contributed by atoms with Gasteiger partial charge in [-0.1, -0.05) is 60.7 Å². The summed E-state index contributed by atoms with van der Waals surface area (Å²) in [5.74, 6) is -0.901. The Morgan fingerprint density at radius 1 is 0.958 bits per heavy atom. The molecule has 2 rings (SSSR count). The van der Waals surface area contributed by atoms with Crippen molar-refractivity contribution in [2.45, 2.75) is 13.0 Å². The van der Waals surface area contributed by atoms with Crippen molar-refractivity contribution in [1.29, 1.82) is 0 Å². The monoisotopic (exact) mass is 345 g/mol. The van der Waals surface area contributed by atoms with Crippen LogP contribution in [0.1, 0.15) is 11.1 Å². The van der Waals surface area contributed by atoms with Crippen molar-refractivity contribution in [1.82, 2.24) is 5.32 Å². The Hall–Kier alpha value is -2.33. The summed E-state index contributed by atoms with van der Waals surface area (Å²) in [4.78, 5) is 23.9. The van der Waals surface area contributed by atoms with E-state index in [1.54, 1.807) is 0 Å². The molecular weight excluding hydrogens is 326 g/mol. The van der Waals surface area contributed by atoms with Gasteiger partial charge in [0.2, 0.25) is 5.91 Å². The Morgan fingerprint density at radius 3 is 2.12 bits per heavy atom. The van der Waals surface area contributed by atoms with Crippen molar-refractivity contribution < 1.29 is 14.3 Å². The van der Waals surface area contributed by atoms with Crippen LogP contribution in [-0.2, 0) is 27.4 Å². The predicted molar refractivity (Wildman–Crippen MR) is 93.6 cm³/mol. The van der Waals surface area contributed by atoms with Gasteiger partial charge in [0.25, 0.3) is 0 Å². The second kappa shape index (κ2) is 9.73. The number of carbonyl (C=O) groups excluding carboxylic acids is 2. The molecule has 0 saturated heterocycles. The van der Waals surface area contributed by atoms with Gasteiger partial charge in [0, 0.05) is 5.88 Å². The number of hydrogen-bond donors (Lipinski definition) is 1. The molecule has 0 aliphatic heterocycles. The number of alkyl halides is 1. The molecule has 0 aliphatic rings. The Labute approximate surface area is 146 Å². The van der Waals surface area contributed by atoms with Crippen LogP contribution < -0.4 is 5.32 Å². The van der Waals surface area contributed by atoms with Gasteiger partial charge in [-0.15, -0.1) is 11.6 Å². The van der Waals surface area contributed by atoms with E-state index in [1.807, 2.05) is 60.7 Å². The van der Waals surface area contributed by atoms with Crippen molar-refractivity contribution in [2.24, 2.45) is 5.92 Å². The third kappa shape index (κ3) is 6.05. The summed E-state index contributed by atoms with van der Waals surface area (Å²) in [5, 5.41) is 2.59. The molecule has 0 unspecified atom stereocenters. The van der Waals surface area contributed by atoms with Gasteiger partial charge >= 0.3 is 5.97 Å². The van der Waals surface area contributed by atoms with Gasteiger partial charge in [-0.05, 0) is 17.5 Å². The van der Waals surface area contributed by atoms with E-state index >= 15 is 0 Å². The average Bonchev–Trinajstić information content (AvgIpc) is 2.64. The molecule has 0 saturated carbocycles. The number of benzene rings is 2. The molecule has 1 amide bonds. The Bertz CT molecular complexity index is 646. The van der Waals surface area contributed by atoms with Crippen LogP contribution in [0.3, 0.4) is 0 Å². The maximum absolute atomic E-state index is 12.2. The van der Waals surface area contributed by atoms with Crippen molar-refractivity contribution >= 4 is 23.5 Å². The molecule has 0 aliphatic carbocycles. The Kier molecular flexibility index (Phi) is 7.30. The van der Waals surface area contributed by atoms with Gasteiger partial charge in [0.05, 0.1) is 5.92 Å². The lowest BCUT2D eigenvalue weighted by molar-refractivity contribution is -0.145. The maximum atomic E-state index is 12.2. The third-order valence-corrected chi connectivity index (χ3v) is 3.90. The van der Waals surface area contributed by atoms with Crippen LogP contribution in [0.2, 0.25) is 0 Å². The van der Waals surface area contributed by atoms with E-state index in [0.717, 1.165) is 11.1 Å². The molecule has 0 spiro atoms. The lowest BCUT2D eigenvalue weighted by atomic mass is 10.0. The summed E-state index contributed by atoms with van der Waals surface area (Å²) >= 11 is 5.89. The fraction of sp³-hybridized carbons (Fsp3) is 0.263. The van der Waals surface area contributed by atoms with Crippen LogP contribution in [0, 0.1) is 5.92 Å². The van der Waals surface area contributed by atoms with Crippen molar-refractivity contribution in [3.05, 3.63) is 71.8 Å². The molecule has 5 heteroatoms. The smallest absolute Gasteiger partial charge is 0.325 e. The van der Waals surface area contributed by atoms with E-state index in [2.05, 4.69) is 5.32 Å². The van der Waals surface area contributed by atoms with Gasteiger partial charge in [0.1, 0.15) is 13.2 Å². The fourth-order valence-corrected chi connectivity index (χ4v) is 2.46. The van der Waals surface area contributed by atoms with Crippen LogP contribution in [0.25, 0.3) is 0 Å². The number of esters is 1. The van der Waals surface area contributed by atoms with Crippen molar-refractivity contribution in [3.63, 3.8) is 0 Å². The molecular formula is C19H20ClNO3. The van der Waals surface area contributed by atoms with Crippen LogP contribution in [0.5, 0.6) is 0 Å². The largest absolute Gasteiger partial charge is 0.460 e. The number of rotatable bonds is 8. The number of halogens is 1. The van der Waals surface area contributed by atoms with E-state index in [4.69, 9.17) is 16.3 Å². The average molecular weight is 346 g/mol. The van der Waals surface area contributed by atoms with E-state index in [1.165, 1.54) is 0 Å². The molecule has 1 N–H and O–H groups in total. The third-order valence-electron chi connectivity index (χ3n) is 3.53. The molecule has 2 aromatic rings. The normalized spacial score (nSPS) is 11.5. The minimum atomic E-state index is -0.472. The summed E-state index contributed by atoms with van der Waals surface area (Å²) in [6.45, 7) is 0.0341. The molecule has 0 radical (unpaired) electrons. The summed E-state index contributed by atoms with van der Waals surface area (Å²) in [6, 6.07) is 19.0. The van der Waals surface area contributed by atoms with E-state index in [0.29, 0.717) is 6.42 Å². The quantitative estimate of drug-likeness (QED) is 0.591. The molecule has 4 nitrogen and oxygen atoms in total. The summed E-state index contributed by atoms with van der Waals surface area (Å²) < 4.78 is 5.12. The highest BCUT2D eigenvalue weighted by Crippen LogP contribution is 2.10. The van der Waals surface area contributed by atoms with Crippen molar-refractivity contribution in [3.8, 4) is 0 Å². The fourth-order valence-electron chi connectivity index (χ4n) is 2.21. The molecule has 2 aromatic carbocycles. The second-order valence-corrected chi connectivity index (χ2v) is 5.71. The van der Waals surface area contributed by atoms with Crippen LogP contribution in [0.4, 0.5) is 0 Å². The number of nitrogens with one attached hydrogen (secondary N) is 1. The minimum Gasteiger partial charge on any atom is -0.460 e. The number of carbonyl (C=O) groups is 2. The number of amides is 1. The molecule has 0 fully saturated rings. The van der Waals surface area contributed by atoms with E-state index in [9.17, 15) is 9.59 Å². The molecule has 24 heavy (non-hydrogen) atoms. The van der Waals surface area contributed by atoms with Crippen LogP contribution >= 0.6 is 11.6 Å². The highest BCUT2D eigenvalue weighted by atomic mass is 35.5. The van der Waals surface area contributed by atoms with Gasteiger partial charge in [-0.2, -0.15) is 0 Å². The van der Waals surface area contributed by atoms with Crippen LogP contribution in [0.15, 0.2) is 60.7 Å². The summed E-state index contributed by atoms with van der Waals surface area (Å²) in [5.41, 5.74) is 1.94. The summed E-state index contributed by atoms with van der Waals surface area (Å²) in [7, 11) is 0. The zero-order valence-corrected chi connectivity index (χ0v) is 14.0. The van der Waals surface area contributed by atoms with Crippen molar-refractivity contribution in [2.75, 3.05) is 12.4 Å². The first-order valence-corrected chi connectivity index (χ1v) is 8.29. The lowest BCUT2D eigenvalue weighted by Gasteiger charge is -2.14. The zero-order chi connectivity index (χ0) is 17.2. The topological polar surface area (TPSA) is 55.4 Å². The second-order valence-electron chi connectivity index (χ2n) is 5.41. The molecule has 1 atom stereocenters. The first-order valence-electron chi connectivity index (χ1n) is 7.76. The van der Waals surface area contributed by atoms with Crippen LogP contribution in [-0.4, -0.2) is 24.3 Å². The lowest BCUT2D eigenvalue weighted by Crippen LogP contribution is -2.37. The molecule has 0 aromatic heterocycles. The summed E-state index contributed by atoms with van der Waals surface area (Å²) in [6.07, 6.45) is 0.537. The highest BCUT2D eigenvalue weighted by Gasteiger charge is 2.18. The Morgan fingerprint density at radius 2 is 1.54 bits per heavy atom. The SMILES string of the molecule is O=C(CNC(=O)[C@H](CCl)Cc1ccccc1)OCc1ccccc1. The van der Waals surface area contributed by atoms with Gasteiger partial charge in [-0.3, -0.25) is 9.59 Å². The van der Waals surface area contributed by atoms with Gasteiger partial charge < -0.3 is 10.1 Å². The minimum absolute atomic E-state index is 0.159. The molecule has 0 heterocycles. The van der Waals surface area contributed by atoms with Gasteiger partial charge in [0.15, 0.2) is 0 Å². The Balaban J connectivity index is 1.75. The highest BCUT2D eigenvalue weighted by molar-refractivity contribution is 6.19. The van der Waals surface area contributed by atoms with E-state index in [-0.39, 0.29) is 30.9 Å². The van der Waals surface area contributed by atoms with Gasteiger partial charge in [-0.25, -0.2) is 0 Å². The zero-order valence-electron chi connectivity index (χ0n) is 13.3. The van der Waals surface area contributed by atoms with E-state index < -0.39 is 5.97 Å². The number of hydrogen-bond acceptors (Lipinski definition) is 3. The first kappa shape index (κ1) is 18.0. The first-order chi connectivity index (χ1) is 11.7. The number of ether oxygens (including phenoxy) is 1. The maximum Gasteiger partial charge on any atom is 0.325 e.